The number of hydrogen-bond acceptors (Lipinski definition) is 5. The van der Waals surface area contributed by atoms with Crippen molar-refractivity contribution in [3.05, 3.63) is 200 Å². The molecule has 1 spiro atoms. The fourth-order valence-corrected chi connectivity index (χ4v) is 16.2. The van der Waals surface area contributed by atoms with Crippen LogP contribution in [0.3, 0.4) is 0 Å². The minimum absolute atomic E-state index is 0.598. The second kappa shape index (κ2) is 13.8. The summed E-state index contributed by atoms with van der Waals surface area (Å²) < 4.78 is 0. The average molecular weight is 773 g/mol. The van der Waals surface area contributed by atoms with Crippen LogP contribution in [0.5, 0.6) is 0 Å². The fraction of sp³-hybridized carbons (Fsp3) is 0. The van der Waals surface area contributed by atoms with Gasteiger partial charge in [0.2, 0.25) is 0 Å². The Balaban J connectivity index is 1.06. The summed E-state index contributed by atoms with van der Waals surface area (Å²) in [6.07, 6.45) is 0. The molecule has 3 heterocycles. The molecule has 0 atom stereocenters. The van der Waals surface area contributed by atoms with E-state index >= 15 is 0 Å². The van der Waals surface area contributed by atoms with Gasteiger partial charge in [-0.15, -0.1) is 0 Å². The third-order valence-electron chi connectivity index (χ3n) is 11.4. The largest absolute Gasteiger partial charge is 0.208 e. The van der Waals surface area contributed by atoms with Crippen LogP contribution in [0.25, 0.3) is 67.5 Å². The third kappa shape index (κ3) is 5.47. The molecule has 0 N–H and O–H groups in total. The molecular weight excluding hydrogens is 741 g/mol. The van der Waals surface area contributed by atoms with Crippen LogP contribution in [0.4, 0.5) is 0 Å². The van der Waals surface area contributed by atoms with Gasteiger partial charge in [-0.3, -0.25) is 0 Å². The van der Waals surface area contributed by atoms with Gasteiger partial charge in [0.05, 0.1) is 11.6 Å². The lowest BCUT2D eigenvalue weighted by Gasteiger charge is -2.37. The smallest absolute Gasteiger partial charge is 0.183 e. The Morgan fingerprint density at radius 2 is 0.828 bits per heavy atom. The van der Waals surface area contributed by atoms with Crippen molar-refractivity contribution in [1.29, 1.82) is 5.26 Å². The minimum atomic E-state index is -2.64. The van der Waals surface area contributed by atoms with Crippen molar-refractivity contribution in [2.75, 3.05) is 0 Å². The predicted octanol–water partition coefficient (Wildman–Crippen LogP) is 9.90. The van der Waals surface area contributed by atoms with E-state index in [4.69, 9.17) is 15.0 Å². The van der Waals surface area contributed by atoms with Crippen LogP contribution in [0.2, 0.25) is 0 Å². The first-order chi connectivity index (χ1) is 28.7. The molecule has 9 aromatic rings. The topological polar surface area (TPSA) is 62.5 Å². The molecule has 58 heavy (non-hydrogen) atoms. The van der Waals surface area contributed by atoms with Crippen molar-refractivity contribution in [3.8, 4) is 73.6 Å². The average Bonchev–Trinajstić information content (AvgIpc) is 3.59. The molecule has 0 radical (unpaired) electrons. The van der Waals surface area contributed by atoms with E-state index in [1.807, 2.05) is 78.5 Å². The molecule has 0 aliphatic carbocycles. The third-order valence-corrected chi connectivity index (χ3v) is 17.9. The first-order valence-corrected chi connectivity index (χ1v) is 22.1. The maximum Gasteiger partial charge on any atom is 0.183 e. The summed E-state index contributed by atoms with van der Waals surface area (Å²) in [6, 6.07) is 71.1. The zero-order chi connectivity index (χ0) is 38.6. The molecule has 0 unspecified atom stereocenters. The summed E-state index contributed by atoms with van der Waals surface area (Å²) in [5.41, 5.74) is 10.4. The minimum Gasteiger partial charge on any atom is -0.208 e. The molecular formula is C52H32N4SSi. The Morgan fingerprint density at radius 3 is 1.47 bits per heavy atom. The highest BCUT2D eigenvalue weighted by Gasteiger charge is 2.52. The molecule has 0 saturated heterocycles. The number of fused-ring (bicyclic) bond motifs is 9. The number of nitriles is 1. The molecule has 11 rings (SSSR count). The van der Waals surface area contributed by atoms with E-state index in [1.165, 1.54) is 47.2 Å². The molecule has 1 aromatic heterocycles. The van der Waals surface area contributed by atoms with Gasteiger partial charge in [-0.05, 0) is 90.5 Å². The Bertz CT molecular complexity index is 3070. The molecule has 0 saturated carbocycles. The van der Waals surface area contributed by atoms with E-state index in [9.17, 15) is 5.26 Å². The second-order valence-corrected chi connectivity index (χ2v) is 19.4. The van der Waals surface area contributed by atoms with Crippen LogP contribution in [0.15, 0.2) is 204 Å². The molecule has 2 aliphatic rings. The SMILES string of the molecule is N#Cc1ccc(-c2cccc(-c3nc(-c4ccccc4)nc(-c4cccc(-c5ccc6c(c5)[Si]5(c7ccccc7Sc7ccccc75)c5ccccc5-6)c4)n3)c2)cc1. The Morgan fingerprint density at radius 1 is 0.362 bits per heavy atom. The molecule has 0 bridgehead atoms. The van der Waals surface area contributed by atoms with Gasteiger partial charge in [-0.1, -0.05) is 169 Å². The Labute approximate surface area is 342 Å². The maximum absolute atomic E-state index is 9.33. The monoisotopic (exact) mass is 772 g/mol. The molecule has 0 amide bonds. The van der Waals surface area contributed by atoms with E-state index in [1.54, 1.807) is 0 Å². The van der Waals surface area contributed by atoms with Gasteiger partial charge in [0.25, 0.3) is 0 Å². The number of nitrogens with zero attached hydrogens (tertiary/aromatic N) is 4. The number of benzene rings is 8. The number of aromatic nitrogens is 3. The van der Waals surface area contributed by atoms with Gasteiger partial charge in [-0.2, -0.15) is 5.26 Å². The zero-order valence-electron chi connectivity index (χ0n) is 31.2. The van der Waals surface area contributed by atoms with Crippen LogP contribution >= 0.6 is 11.8 Å². The molecule has 270 valence electrons. The molecule has 0 fully saturated rings. The summed E-state index contributed by atoms with van der Waals surface area (Å²) in [5, 5.41) is 15.2. The van der Waals surface area contributed by atoms with E-state index in [2.05, 4.69) is 133 Å². The number of hydrogen-bond donors (Lipinski definition) is 0. The highest BCUT2D eigenvalue weighted by atomic mass is 32.2. The van der Waals surface area contributed by atoms with Crippen molar-refractivity contribution < 1.29 is 0 Å². The Hall–Kier alpha value is -7.17. The first-order valence-electron chi connectivity index (χ1n) is 19.3. The Kier molecular flexibility index (Phi) is 8.11. The van der Waals surface area contributed by atoms with E-state index in [0.29, 0.717) is 23.0 Å². The first kappa shape index (κ1) is 34.1. The molecule has 4 nitrogen and oxygen atoms in total. The summed E-state index contributed by atoms with van der Waals surface area (Å²) in [7, 11) is -2.64. The van der Waals surface area contributed by atoms with Gasteiger partial charge in [-0.25, -0.2) is 15.0 Å². The summed E-state index contributed by atoms with van der Waals surface area (Å²) >= 11 is 1.90. The molecule has 2 aliphatic heterocycles. The van der Waals surface area contributed by atoms with Gasteiger partial charge >= 0.3 is 0 Å². The van der Waals surface area contributed by atoms with Crippen LogP contribution in [0, 0.1) is 11.3 Å². The zero-order valence-corrected chi connectivity index (χ0v) is 33.0. The predicted molar refractivity (Wildman–Crippen MR) is 238 cm³/mol. The van der Waals surface area contributed by atoms with Gasteiger partial charge < -0.3 is 0 Å². The van der Waals surface area contributed by atoms with Crippen LogP contribution in [0.1, 0.15) is 5.56 Å². The van der Waals surface area contributed by atoms with Crippen molar-refractivity contribution in [1.82, 2.24) is 15.0 Å². The van der Waals surface area contributed by atoms with Crippen LogP contribution in [-0.2, 0) is 0 Å². The molecule has 6 heteroatoms. The van der Waals surface area contributed by atoms with Gasteiger partial charge in [0.15, 0.2) is 25.5 Å². The fourth-order valence-electron chi connectivity index (χ4n) is 8.80. The highest BCUT2D eigenvalue weighted by Crippen LogP contribution is 2.39. The van der Waals surface area contributed by atoms with Crippen molar-refractivity contribution in [3.63, 3.8) is 0 Å². The quantitative estimate of drug-likeness (QED) is 0.163. The van der Waals surface area contributed by atoms with Crippen molar-refractivity contribution in [2.24, 2.45) is 0 Å². The lowest BCUT2D eigenvalue weighted by molar-refractivity contribution is 1.07. The van der Waals surface area contributed by atoms with Crippen molar-refractivity contribution in [2.45, 2.75) is 9.79 Å². The summed E-state index contributed by atoms with van der Waals surface area (Å²) in [4.78, 5) is 18.0. The van der Waals surface area contributed by atoms with Gasteiger partial charge in [0.1, 0.15) is 0 Å². The highest BCUT2D eigenvalue weighted by molar-refractivity contribution is 8.00. The van der Waals surface area contributed by atoms with Crippen molar-refractivity contribution >= 4 is 40.6 Å². The summed E-state index contributed by atoms with van der Waals surface area (Å²) in [6.45, 7) is 0. The normalized spacial score (nSPS) is 12.9. The standard InChI is InChI=1S/C52H32N4SSi/c53-33-34-24-26-35(27-25-34)37-14-10-16-40(30-37)51-54-50(36-12-2-1-3-13-36)55-52(56-51)41-17-11-15-38(31-41)39-28-29-43-42-18-4-7-21-46(42)58(49(43)32-39)47-22-8-5-19-44(47)57-45-20-6-9-23-48(45)58/h1-32H. The van der Waals surface area contributed by atoms with Crippen LogP contribution < -0.4 is 20.7 Å². The van der Waals surface area contributed by atoms with E-state index in [0.717, 1.165) is 33.4 Å². The molecule has 8 aromatic carbocycles. The van der Waals surface area contributed by atoms with Gasteiger partial charge in [0, 0.05) is 26.5 Å². The van der Waals surface area contributed by atoms with E-state index in [-0.39, 0.29) is 0 Å². The lowest BCUT2D eigenvalue weighted by Crippen LogP contribution is -2.74. The van der Waals surface area contributed by atoms with E-state index < -0.39 is 8.07 Å². The summed E-state index contributed by atoms with van der Waals surface area (Å²) in [5.74, 6) is 1.83. The van der Waals surface area contributed by atoms with Crippen LogP contribution in [-0.4, -0.2) is 23.0 Å². The lowest BCUT2D eigenvalue weighted by atomic mass is 9.99. The second-order valence-electron chi connectivity index (χ2n) is 14.7. The number of rotatable bonds is 5. The maximum atomic E-state index is 9.33.